The second-order valence-corrected chi connectivity index (χ2v) is 5.57. The average molecular weight is 319 g/mol. The van der Waals surface area contributed by atoms with Gasteiger partial charge >= 0.3 is 17.1 Å². The zero-order chi connectivity index (χ0) is 11.8. The molecule has 0 atom stereocenters. The predicted octanol–water partition coefficient (Wildman–Crippen LogP) is -0.944. The van der Waals surface area contributed by atoms with Crippen LogP contribution in [0.1, 0.15) is 26.7 Å². The first-order chi connectivity index (χ1) is 6.12. The average Bonchev–Trinajstić information content (AvgIpc) is 1.81. The maximum Gasteiger partial charge on any atom is 2.00 e. The summed E-state index contributed by atoms with van der Waals surface area (Å²) in [6.07, 6.45) is 0.817. The Bertz CT molecular complexity index is 287. The molecule has 0 rings (SSSR count). The van der Waals surface area contributed by atoms with Crippen LogP contribution in [0, 0.1) is 0 Å². The van der Waals surface area contributed by atoms with E-state index < -0.39 is 20.2 Å². The molecule has 0 unspecified atom stereocenters. The Kier molecular flexibility index (Phi) is 18.6. The molecule has 0 fully saturated rings. The molecule has 0 saturated heterocycles. The third kappa shape index (κ3) is 36.7. The van der Waals surface area contributed by atoms with Crippen LogP contribution in [0.25, 0.3) is 0 Å². The monoisotopic (exact) mass is 319 g/mol. The van der Waals surface area contributed by atoms with Gasteiger partial charge in [0.25, 0.3) is 0 Å². The molecule has 0 bridgehead atoms. The summed E-state index contributed by atoms with van der Waals surface area (Å²) in [7, 11) is -7.85. The Morgan fingerprint density at radius 2 is 1.00 bits per heavy atom. The van der Waals surface area contributed by atoms with Crippen LogP contribution in [-0.4, -0.2) is 42.9 Å². The summed E-state index contributed by atoms with van der Waals surface area (Å²) in [5.41, 5.74) is 0. The largest absolute Gasteiger partial charge is 2.00 e. The molecule has 10 heteroatoms. The van der Waals surface area contributed by atoms with Crippen molar-refractivity contribution in [2.45, 2.75) is 26.7 Å². The van der Waals surface area contributed by atoms with Gasteiger partial charge in [-0.25, -0.2) is 16.8 Å². The quantitative estimate of drug-likeness (QED) is 0.482. The molecule has 0 aliphatic heterocycles. The van der Waals surface area contributed by atoms with Gasteiger partial charge in [-0.15, -0.1) is 0 Å². The fourth-order valence-electron chi connectivity index (χ4n) is 0.500. The van der Waals surface area contributed by atoms with Gasteiger partial charge in [0.05, 0.1) is 20.2 Å². The van der Waals surface area contributed by atoms with E-state index in [0.29, 0.717) is 12.8 Å². The van der Waals surface area contributed by atoms with Gasteiger partial charge in [0.1, 0.15) is 0 Å². The van der Waals surface area contributed by atoms with E-state index >= 15 is 0 Å². The maximum atomic E-state index is 9.68. The van der Waals surface area contributed by atoms with E-state index in [2.05, 4.69) is 0 Å². The summed E-state index contributed by atoms with van der Waals surface area (Å²) in [6, 6.07) is 0. The van der Waals surface area contributed by atoms with Crippen LogP contribution in [0.5, 0.6) is 0 Å². The van der Waals surface area contributed by atoms with Crippen molar-refractivity contribution >= 4 is 20.2 Å². The van der Waals surface area contributed by atoms with Crippen molar-refractivity contribution < 1.29 is 48.5 Å². The topological polar surface area (TPSA) is 146 Å². The van der Waals surface area contributed by atoms with Crippen molar-refractivity contribution in [3.8, 4) is 0 Å². The standard InChI is InChI=1S/2C3H8O3S.Mn.H2O/c2*1-2-3-7(4,5)6;;/h2*2-3H2,1H3,(H,4,5,6);;1H2/q;;+2;/p-2. The Labute approximate surface area is 107 Å². The van der Waals surface area contributed by atoms with Crippen LogP contribution >= 0.6 is 0 Å². The molecule has 0 saturated carbocycles. The minimum absolute atomic E-state index is 0. The Morgan fingerprint density at radius 1 is 0.812 bits per heavy atom. The van der Waals surface area contributed by atoms with Gasteiger partial charge in [-0.05, 0) is 12.8 Å². The summed E-state index contributed by atoms with van der Waals surface area (Å²) in [5, 5.41) is 0. The molecule has 0 spiro atoms. The molecule has 0 aromatic heterocycles. The molecular weight excluding hydrogens is 303 g/mol. The summed E-state index contributed by atoms with van der Waals surface area (Å²) in [5.74, 6) is -0.486. The molecule has 0 amide bonds. The summed E-state index contributed by atoms with van der Waals surface area (Å²) < 4.78 is 58.1. The maximum absolute atomic E-state index is 9.68. The molecule has 0 aliphatic carbocycles. The molecule has 2 N–H and O–H groups in total. The Morgan fingerprint density at radius 3 is 1.00 bits per heavy atom. The first-order valence-electron chi connectivity index (χ1n) is 3.99. The molecule has 16 heavy (non-hydrogen) atoms. The van der Waals surface area contributed by atoms with E-state index in [-0.39, 0.29) is 34.1 Å². The molecule has 0 aliphatic rings. The molecular formula is C6H16MnO7S2. The van der Waals surface area contributed by atoms with Gasteiger partial charge in [-0.2, -0.15) is 0 Å². The van der Waals surface area contributed by atoms with Crippen LogP contribution in [0.2, 0.25) is 0 Å². The first kappa shape index (κ1) is 25.2. The normalized spacial score (nSPS) is 10.2. The van der Waals surface area contributed by atoms with Crippen molar-refractivity contribution in [3.05, 3.63) is 0 Å². The summed E-state index contributed by atoms with van der Waals surface area (Å²) in [4.78, 5) is 0. The van der Waals surface area contributed by atoms with E-state index in [9.17, 15) is 25.9 Å². The third-order valence-electron chi connectivity index (χ3n) is 0.908. The number of hydrogen-bond donors (Lipinski definition) is 0. The fourth-order valence-corrected chi connectivity index (χ4v) is 1.50. The van der Waals surface area contributed by atoms with Gasteiger partial charge in [0, 0.05) is 11.5 Å². The van der Waals surface area contributed by atoms with Crippen molar-refractivity contribution in [1.82, 2.24) is 0 Å². The number of hydrogen-bond acceptors (Lipinski definition) is 6. The van der Waals surface area contributed by atoms with Crippen molar-refractivity contribution in [2.75, 3.05) is 11.5 Å². The zero-order valence-corrected chi connectivity index (χ0v) is 11.8. The second-order valence-electron chi connectivity index (χ2n) is 2.52. The van der Waals surface area contributed by atoms with Gasteiger partial charge < -0.3 is 14.6 Å². The van der Waals surface area contributed by atoms with Crippen LogP contribution in [0.15, 0.2) is 0 Å². The SMILES string of the molecule is CCCS(=O)(=O)[O-].CCCS(=O)(=O)[O-].O.[Mn+2]. The Hall–Kier alpha value is 0.299. The van der Waals surface area contributed by atoms with E-state index in [1.165, 1.54) is 0 Å². The molecule has 101 valence electrons. The Balaban J connectivity index is -0.0000000800. The van der Waals surface area contributed by atoms with E-state index in [1.54, 1.807) is 13.8 Å². The summed E-state index contributed by atoms with van der Waals surface area (Å²) in [6.45, 7) is 3.30. The summed E-state index contributed by atoms with van der Waals surface area (Å²) >= 11 is 0. The van der Waals surface area contributed by atoms with Crippen molar-refractivity contribution in [1.29, 1.82) is 0 Å². The molecule has 7 nitrogen and oxygen atoms in total. The molecule has 1 radical (unpaired) electrons. The molecule has 0 aromatic carbocycles. The van der Waals surface area contributed by atoms with Crippen molar-refractivity contribution in [2.24, 2.45) is 0 Å². The second kappa shape index (κ2) is 11.8. The van der Waals surface area contributed by atoms with Crippen LogP contribution in [-0.2, 0) is 37.3 Å². The van der Waals surface area contributed by atoms with Gasteiger partial charge in [0.2, 0.25) is 0 Å². The predicted molar refractivity (Wildman–Crippen MR) is 53.3 cm³/mol. The molecule has 0 heterocycles. The fraction of sp³-hybridized carbons (Fsp3) is 1.00. The number of rotatable bonds is 4. The minimum Gasteiger partial charge on any atom is -0.748 e. The van der Waals surface area contributed by atoms with Crippen LogP contribution in [0.4, 0.5) is 0 Å². The third-order valence-corrected chi connectivity index (χ3v) is 2.72. The van der Waals surface area contributed by atoms with Crippen LogP contribution in [0.3, 0.4) is 0 Å². The van der Waals surface area contributed by atoms with E-state index in [4.69, 9.17) is 0 Å². The van der Waals surface area contributed by atoms with Gasteiger partial charge in [0.15, 0.2) is 0 Å². The molecule has 0 aromatic rings. The smallest absolute Gasteiger partial charge is 0.748 e. The van der Waals surface area contributed by atoms with Crippen molar-refractivity contribution in [3.63, 3.8) is 0 Å². The van der Waals surface area contributed by atoms with Gasteiger partial charge in [-0.1, -0.05) is 13.8 Å². The zero-order valence-electron chi connectivity index (χ0n) is 8.97. The van der Waals surface area contributed by atoms with E-state index in [1.807, 2.05) is 0 Å². The van der Waals surface area contributed by atoms with Crippen LogP contribution < -0.4 is 0 Å². The first-order valence-corrected chi connectivity index (χ1v) is 7.15. The van der Waals surface area contributed by atoms with E-state index in [0.717, 1.165) is 0 Å². The van der Waals surface area contributed by atoms with Gasteiger partial charge in [-0.3, -0.25) is 0 Å². The minimum atomic E-state index is -3.92.